The number of aliphatic imine (C=N–C) groups is 3. The van der Waals surface area contributed by atoms with Gasteiger partial charge in [-0.15, -0.1) is 0 Å². The predicted molar refractivity (Wildman–Crippen MR) is 75.9 cm³/mol. The minimum atomic E-state index is -0.174. The van der Waals surface area contributed by atoms with Crippen LogP contribution in [0.3, 0.4) is 0 Å². The van der Waals surface area contributed by atoms with Crippen LogP contribution in [-0.4, -0.2) is 35.4 Å². The van der Waals surface area contributed by atoms with Crippen LogP contribution >= 0.6 is 11.6 Å². The summed E-state index contributed by atoms with van der Waals surface area (Å²) < 4.78 is 0. The molecule has 3 aliphatic rings. The van der Waals surface area contributed by atoms with Gasteiger partial charge in [0.1, 0.15) is 0 Å². The Balaban J connectivity index is 2.02. The Morgan fingerprint density at radius 2 is 2.37 bits per heavy atom. The first-order chi connectivity index (χ1) is 9.15. The summed E-state index contributed by atoms with van der Waals surface area (Å²) in [4.78, 5) is 12.6. The number of nitrogens with one attached hydrogen (secondary N) is 1. The predicted octanol–water partition coefficient (Wildman–Crippen LogP) is 0.662. The van der Waals surface area contributed by atoms with E-state index in [2.05, 4.69) is 26.1 Å². The molecule has 0 saturated carbocycles. The molecule has 0 aliphatic carbocycles. The van der Waals surface area contributed by atoms with Gasteiger partial charge in [-0.05, 0) is 23.8 Å². The summed E-state index contributed by atoms with van der Waals surface area (Å²) in [5.74, 6) is 0.328. The molecular formula is C12H11ClN6. The minimum absolute atomic E-state index is 0.174. The first-order valence-corrected chi connectivity index (χ1v) is 6.01. The van der Waals surface area contributed by atoms with Gasteiger partial charge in [0, 0.05) is 30.6 Å². The second kappa shape index (κ2) is 4.51. The number of likely N-dealkylation sites (N-methyl/N-ethyl adjacent to an activating group) is 1. The highest BCUT2D eigenvalue weighted by atomic mass is 35.5. The number of amidine groups is 1. The average Bonchev–Trinajstić information content (AvgIpc) is 2.61. The SMILES string of the molecule is CN1NC=C2C(C3=CC=C=C(N)N=C3)=NC(Cl)=NC21. The van der Waals surface area contributed by atoms with Crippen molar-refractivity contribution in [3.63, 3.8) is 0 Å². The molecule has 1 unspecified atom stereocenters. The highest BCUT2D eigenvalue weighted by molar-refractivity contribution is 6.66. The Morgan fingerprint density at radius 1 is 1.53 bits per heavy atom. The molecule has 3 heterocycles. The number of hydrazine groups is 1. The third-order valence-electron chi connectivity index (χ3n) is 2.89. The van der Waals surface area contributed by atoms with Gasteiger partial charge >= 0.3 is 0 Å². The molecule has 3 N–H and O–H groups in total. The molecule has 0 aromatic heterocycles. The first-order valence-electron chi connectivity index (χ1n) is 5.63. The molecule has 0 aromatic rings. The van der Waals surface area contributed by atoms with Crippen LogP contribution in [0.1, 0.15) is 0 Å². The van der Waals surface area contributed by atoms with Gasteiger partial charge in [-0.25, -0.2) is 15.0 Å². The van der Waals surface area contributed by atoms with Crippen LogP contribution in [0.4, 0.5) is 0 Å². The largest absolute Gasteiger partial charge is 0.377 e. The van der Waals surface area contributed by atoms with Crippen LogP contribution in [0.2, 0.25) is 0 Å². The number of nitrogens with two attached hydrogens (primary N) is 1. The Kier molecular flexibility index (Phi) is 2.83. The first kappa shape index (κ1) is 11.9. The maximum Gasteiger partial charge on any atom is 0.220 e. The van der Waals surface area contributed by atoms with Crippen molar-refractivity contribution in [1.29, 1.82) is 0 Å². The number of rotatable bonds is 1. The summed E-state index contributed by atoms with van der Waals surface area (Å²) in [5, 5.41) is 2.07. The van der Waals surface area contributed by atoms with Crippen molar-refractivity contribution in [2.45, 2.75) is 6.17 Å². The summed E-state index contributed by atoms with van der Waals surface area (Å²) in [6.07, 6.45) is 6.88. The van der Waals surface area contributed by atoms with Crippen molar-refractivity contribution in [2.75, 3.05) is 7.05 Å². The van der Waals surface area contributed by atoms with E-state index in [1.54, 1.807) is 12.3 Å². The molecule has 19 heavy (non-hydrogen) atoms. The van der Waals surface area contributed by atoms with Gasteiger partial charge in [0.15, 0.2) is 12.0 Å². The monoisotopic (exact) mass is 274 g/mol. The van der Waals surface area contributed by atoms with Gasteiger partial charge in [-0.2, -0.15) is 5.01 Å². The number of halogens is 1. The molecular weight excluding hydrogens is 264 g/mol. The summed E-state index contributed by atoms with van der Waals surface area (Å²) in [6, 6.07) is 0. The maximum atomic E-state index is 5.99. The van der Waals surface area contributed by atoms with Crippen LogP contribution in [0.15, 0.2) is 56.0 Å². The van der Waals surface area contributed by atoms with E-state index in [0.29, 0.717) is 5.82 Å². The van der Waals surface area contributed by atoms with E-state index in [-0.39, 0.29) is 11.5 Å². The quantitative estimate of drug-likeness (QED) is 0.545. The van der Waals surface area contributed by atoms with E-state index in [4.69, 9.17) is 17.3 Å². The van der Waals surface area contributed by atoms with Gasteiger partial charge < -0.3 is 11.2 Å². The van der Waals surface area contributed by atoms with Gasteiger partial charge in [0.05, 0.1) is 5.71 Å². The molecule has 3 rings (SSSR count). The third kappa shape index (κ3) is 2.13. The van der Waals surface area contributed by atoms with Crippen molar-refractivity contribution in [2.24, 2.45) is 20.7 Å². The third-order valence-corrected chi connectivity index (χ3v) is 3.07. The minimum Gasteiger partial charge on any atom is -0.377 e. The van der Waals surface area contributed by atoms with E-state index < -0.39 is 0 Å². The lowest BCUT2D eigenvalue weighted by atomic mass is 10.0. The lowest BCUT2D eigenvalue weighted by molar-refractivity contribution is 0.256. The second-order valence-corrected chi connectivity index (χ2v) is 4.49. The Bertz CT molecular complexity index is 645. The van der Waals surface area contributed by atoms with E-state index in [0.717, 1.165) is 16.9 Å². The van der Waals surface area contributed by atoms with Gasteiger partial charge in [-0.3, -0.25) is 0 Å². The van der Waals surface area contributed by atoms with Crippen molar-refractivity contribution >= 4 is 28.8 Å². The molecule has 7 heteroatoms. The van der Waals surface area contributed by atoms with Gasteiger partial charge in [0.2, 0.25) is 5.29 Å². The van der Waals surface area contributed by atoms with E-state index >= 15 is 0 Å². The average molecular weight is 275 g/mol. The molecule has 0 aromatic carbocycles. The van der Waals surface area contributed by atoms with Gasteiger partial charge in [-0.1, -0.05) is 5.73 Å². The number of fused-ring (bicyclic) bond motifs is 1. The molecule has 0 spiro atoms. The fraction of sp³-hybridized carbons (Fsp3) is 0.167. The summed E-state index contributed by atoms with van der Waals surface area (Å²) in [5.41, 5.74) is 14.0. The molecule has 0 fully saturated rings. The number of hydrogen-bond acceptors (Lipinski definition) is 6. The molecule has 0 amide bonds. The molecule has 0 bridgehead atoms. The van der Waals surface area contributed by atoms with Crippen LogP contribution in [0.25, 0.3) is 0 Å². The van der Waals surface area contributed by atoms with Gasteiger partial charge in [0.25, 0.3) is 0 Å². The normalized spacial score (nSPS) is 25.6. The second-order valence-electron chi connectivity index (χ2n) is 4.15. The van der Waals surface area contributed by atoms with Crippen LogP contribution in [0, 0.1) is 0 Å². The summed E-state index contributed by atoms with van der Waals surface area (Å²) in [7, 11) is 1.89. The lowest BCUT2D eigenvalue weighted by Crippen LogP contribution is -2.36. The Morgan fingerprint density at radius 3 is 3.21 bits per heavy atom. The smallest absolute Gasteiger partial charge is 0.220 e. The molecule has 0 radical (unpaired) electrons. The zero-order valence-corrected chi connectivity index (χ0v) is 10.9. The number of nitrogens with zero attached hydrogens (tertiary/aromatic N) is 4. The zero-order chi connectivity index (χ0) is 13.4. The van der Waals surface area contributed by atoms with Crippen molar-refractivity contribution < 1.29 is 0 Å². The Hall–Kier alpha value is -2.14. The van der Waals surface area contributed by atoms with E-state index in [9.17, 15) is 0 Å². The lowest BCUT2D eigenvalue weighted by Gasteiger charge is -2.22. The van der Waals surface area contributed by atoms with Crippen LogP contribution in [0.5, 0.6) is 0 Å². The molecule has 6 nitrogen and oxygen atoms in total. The van der Waals surface area contributed by atoms with Crippen LogP contribution in [-0.2, 0) is 0 Å². The fourth-order valence-electron chi connectivity index (χ4n) is 1.97. The molecule has 1 atom stereocenters. The van der Waals surface area contributed by atoms with Crippen molar-refractivity contribution in [3.05, 3.63) is 41.1 Å². The highest BCUT2D eigenvalue weighted by Crippen LogP contribution is 2.25. The number of allylic oxidation sites excluding steroid dienone is 3. The van der Waals surface area contributed by atoms with Crippen molar-refractivity contribution in [3.8, 4) is 0 Å². The number of hydrogen-bond donors (Lipinski definition) is 2. The Labute approximate surface area is 115 Å². The highest BCUT2D eigenvalue weighted by Gasteiger charge is 2.32. The topological polar surface area (TPSA) is 78.4 Å². The summed E-state index contributed by atoms with van der Waals surface area (Å²) in [6.45, 7) is 0. The molecule has 0 saturated heterocycles. The van der Waals surface area contributed by atoms with Crippen molar-refractivity contribution in [1.82, 2.24) is 10.4 Å². The maximum absolute atomic E-state index is 5.99. The summed E-state index contributed by atoms with van der Waals surface area (Å²) >= 11 is 5.99. The molecule has 96 valence electrons. The van der Waals surface area contributed by atoms with E-state index in [1.807, 2.05) is 24.3 Å². The molecule has 3 aliphatic heterocycles. The van der Waals surface area contributed by atoms with Crippen LogP contribution < -0.4 is 11.2 Å². The fourth-order valence-corrected chi connectivity index (χ4v) is 2.14. The standard InChI is InChI=1S/C12H11ClN6/c1-19-11-8(6-16-19)10(17-12(13)18-11)7-3-2-4-9(14)15-5-7/h2-3,5-6,11,16H,14H2,1H3. The van der Waals surface area contributed by atoms with E-state index in [1.165, 1.54) is 0 Å². The zero-order valence-electron chi connectivity index (χ0n) is 10.1.